The lowest BCUT2D eigenvalue weighted by molar-refractivity contribution is -0.141. The highest BCUT2D eigenvalue weighted by Crippen LogP contribution is 2.41. The van der Waals surface area contributed by atoms with Gasteiger partial charge in [0.1, 0.15) is 17.3 Å². The van der Waals surface area contributed by atoms with E-state index in [2.05, 4.69) is 10.2 Å². The molecule has 1 atom stereocenters. The molecular weight excluding hydrogens is 451 g/mol. The standard InChI is InChI=1S/C21H23F5N4O3/c1-33-20(32)30-7-4-13-16(10-30)27-28-18(13)19(31)29-5-2-11(3-6-29)14-8-12(22)9-15(23)17(14)21(24,25)26/h8-9,11,19,31H,2-7,10H2,1H3,(H,27,28). The number of aliphatic hydroxyl groups is 1. The number of piperidine rings is 1. The predicted octanol–water partition coefficient (Wildman–Crippen LogP) is 3.70. The molecule has 3 heterocycles. The van der Waals surface area contributed by atoms with Crippen LogP contribution in [-0.4, -0.2) is 57.9 Å². The minimum absolute atomic E-state index is 0.186. The van der Waals surface area contributed by atoms with Gasteiger partial charge >= 0.3 is 12.3 Å². The first-order valence-corrected chi connectivity index (χ1v) is 10.5. The summed E-state index contributed by atoms with van der Waals surface area (Å²) >= 11 is 0. The molecule has 1 amide bonds. The SMILES string of the molecule is COC(=O)N1CCc2c(C(O)N3CCC(c4cc(F)cc(F)c4C(F)(F)F)CC3)n[nH]c2C1. The number of halogens is 5. The molecule has 1 fully saturated rings. The van der Waals surface area contributed by atoms with Gasteiger partial charge in [-0.2, -0.15) is 18.3 Å². The average molecular weight is 474 g/mol. The average Bonchev–Trinajstić information content (AvgIpc) is 3.20. The van der Waals surface area contributed by atoms with E-state index < -0.39 is 47.2 Å². The van der Waals surface area contributed by atoms with E-state index in [1.807, 2.05) is 0 Å². The second-order valence-corrected chi connectivity index (χ2v) is 8.24. The first-order chi connectivity index (χ1) is 15.6. The van der Waals surface area contributed by atoms with Crippen LogP contribution in [-0.2, 0) is 23.9 Å². The van der Waals surface area contributed by atoms with Gasteiger partial charge in [0.05, 0.1) is 24.9 Å². The maximum Gasteiger partial charge on any atom is 0.419 e. The summed E-state index contributed by atoms with van der Waals surface area (Å²) < 4.78 is 72.6. The van der Waals surface area contributed by atoms with Crippen molar-refractivity contribution >= 4 is 6.09 Å². The Balaban J connectivity index is 1.47. The molecule has 2 aromatic rings. The van der Waals surface area contributed by atoms with Crippen LogP contribution in [0.1, 0.15) is 53.1 Å². The van der Waals surface area contributed by atoms with Crippen LogP contribution in [0, 0.1) is 11.6 Å². The molecule has 1 saturated heterocycles. The topological polar surface area (TPSA) is 81.7 Å². The Hall–Kier alpha value is -2.73. The molecule has 180 valence electrons. The van der Waals surface area contributed by atoms with Crippen molar-refractivity contribution in [1.82, 2.24) is 20.0 Å². The number of aromatic amines is 1. The number of carbonyl (C=O) groups is 1. The van der Waals surface area contributed by atoms with E-state index in [0.717, 1.165) is 11.6 Å². The molecular formula is C21H23F5N4O3. The minimum Gasteiger partial charge on any atom is -0.453 e. The molecule has 1 unspecified atom stereocenters. The zero-order valence-electron chi connectivity index (χ0n) is 17.8. The lowest BCUT2D eigenvalue weighted by Gasteiger charge is -2.36. The Morgan fingerprint density at radius 1 is 1.24 bits per heavy atom. The zero-order valence-corrected chi connectivity index (χ0v) is 17.8. The van der Waals surface area contributed by atoms with Gasteiger partial charge in [0.25, 0.3) is 0 Å². The highest BCUT2D eigenvalue weighted by atomic mass is 19.4. The molecule has 1 aromatic heterocycles. The van der Waals surface area contributed by atoms with Crippen LogP contribution in [0.3, 0.4) is 0 Å². The summed E-state index contributed by atoms with van der Waals surface area (Å²) in [5.74, 6) is -3.37. The number of hydrogen-bond acceptors (Lipinski definition) is 5. The number of nitrogens with zero attached hydrogens (tertiary/aromatic N) is 3. The van der Waals surface area contributed by atoms with E-state index in [1.54, 1.807) is 4.90 Å². The molecule has 2 aliphatic rings. The molecule has 2 aliphatic heterocycles. The summed E-state index contributed by atoms with van der Waals surface area (Å²) in [4.78, 5) is 14.9. The second-order valence-electron chi connectivity index (χ2n) is 8.24. The minimum atomic E-state index is -4.93. The van der Waals surface area contributed by atoms with Crippen molar-refractivity contribution in [3.8, 4) is 0 Å². The van der Waals surface area contributed by atoms with Gasteiger partial charge < -0.3 is 14.7 Å². The third kappa shape index (κ3) is 4.54. The lowest BCUT2D eigenvalue weighted by Crippen LogP contribution is -2.38. The number of nitrogens with one attached hydrogen (secondary N) is 1. The normalized spacial score (nSPS) is 18.8. The van der Waals surface area contributed by atoms with Gasteiger partial charge in [0.2, 0.25) is 0 Å². The van der Waals surface area contributed by atoms with Crippen LogP contribution in [0.15, 0.2) is 12.1 Å². The monoisotopic (exact) mass is 474 g/mol. The van der Waals surface area contributed by atoms with E-state index in [9.17, 15) is 31.9 Å². The second kappa shape index (κ2) is 8.90. The van der Waals surface area contributed by atoms with Crippen LogP contribution >= 0.6 is 0 Å². The number of ether oxygens (including phenoxy) is 1. The van der Waals surface area contributed by atoms with E-state index in [1.165, 1.54) is 12.0 Å². The number of H-pyrrole nitrogens is 1. The van der Waals surface area contributed by atoms with Crippen LogP contribution in [0.2, 0.25) is 0 Å². The van der Waals surface area contributed by atoms with Crippen molar-refractivity contribution in [1.29, 1.82) is 0 Å². The van der Waals surface area contributed by atoms with Gasteiger partial charge in [-0.25, -0.2) is 13.6 Å². The van der Waals surface area contributed by atoms with E-state index in [0.29, 0.717) is 24.4 Å². The number of likely N-dealkylation sites (tertiary alicyclic amines) is 1. The van der Waals surface area contributed by atoms with E-state index in [-0.39, 0.29) is 38.5 Å². The summed E-state index contributed by atoms with van der Waals surface area (Å²) in [7, 11) is 1.29. The van der Waals surface area contributed by atoms with Crippen LogP contribution in [0.4, 0.5) is 26.7 Å². The summed E-state index contributed by atoms with van der Waals surface area (Å²) in [5.41, 5.74) is 0.0475. The number of carbonyl (C=O) groups excluding carboxylic acids is 1. The summed E-state index contributed by atoms with van der Waals surface area (Å²) in [5, 5.41) is 17.9. The number of alkyl halides is 3. The van der Waals surface area contributed by atoms with Crippen molar-refractivity contribution in [2.45, 2.75) is 44.1 Å². The smallest absolute Gasteiger partial charge is 0.419 e. The molecule has 7 nitrogen and oxygen atoms in total. The van der Waals surface area contributed by atoms with E-state index >= 15 is 0 Å². The van der Waals surface area contributed by atoms with Crippen molar-refractivity contribution in [3.63, 3.8) is 0 Å². The highest BCUT2D eigenvalue weighted by molar-refractivity contribution is 5.67. The van der Waals surface area contributed by atoms with Gasteiger partial charge in [-0.1, -0.05) is 0 Å². The maximum atomic E-state index is 14.0. The van der Waals surface area contributed by atoms with Crippen LogP contribution in [0.25, 0.3) is 0 Å². The maximum absolute atomic E-state index is 14.0. The fourth-order valence-corrected chi connectivity index (χ4v) is 4.68. The Labute approximate surface area is 186 Å². The molecule has 0 bridgehead atoms. The largest absolute Gasteiger partial charge is 0.453 e. The fourth-order valence-electron chi connectivity index (χ4n) is 4.68. The number of aromatic nitrogens is 2. The molecule has 1 aromatic carbocycles. The van der Waals surface area contributed by atoms with Gasteiger partial charge in [0.15, 0.2) is 6.23 Å². The number of fused-ring (bicyclic) bond motifs is 1. The van der Waals surface area contributed by atoms with Gasteiger partial charge in [-0.05, 0) is 36.8 Å². The van der Waals surface area contributed by atoms with Crippen molar-refractivity contribution in [3.05, 3.63) is 51.8 Å². The van der Waals surface area contributed by atoms with Crippen LogP contribution < -0.4 is 0 Å². The molecule has 12 heteroatoms. The van der Waals surface area contributed by atoms with Gasteiger partial charge in [-0.3, -0.25) is 10.00 Å². The third-order valence-electron chi connectivity index (χ3n) is 6.33. The first kappa shape index (κ1) is 23.4. The zero-order chi connectivity index (χ0) is 23.9. The number of aliphatic hydroxyl groups excluding tert-OH is 1. The van der Waals surface area contributed by atoms with Crippen molar-refractivity contribution in [2.75, 3.05) is 26.7 Å². The number of methoxy groups -OCH3 is 1. The van der Waals surface area contributed by atoms with Crippen molar-refractivity contribution in [2.24, 2.45) is 0 Å². The summed E-state index contributed by atoms with van der Waals surface area (Å²) in [6, 6.07) is 0.993. The summed E-state index contributed by atoms with van der Waals surface area (Å²) in [6.07, 6.45) is -5.66. The molecule has 0 radical (unpaired) electrons. The molecule has 4 rings (SSSR count). The number of benzene rings is 1. The number of rotatable bonds is 3. The molecule has 33 heavy (non-hydrogen) atoms. The lowest BCUT2D eigenvalue weighted by atomic mass is 9.85. The Kier molecular flexibility index (Phi) is 6.32. The number of hydrogen-bond donors (Lipinski definition) is 2. The first-order valence-electron chi connectivity index (χ1n) is 10.5. The molecule has 2 N–H and O–H groups in total. The fraction of sp³-hybridized carbons (Fsp3) is 0.524. The Bertz CT molecular complexity index is 1030. The predicted molar refractivity (Wildman–Crippen MR) is 105 cm³/mol. The molecule has 0 saturated carbocycles. The van der Waals surface area contributed by atoms with Gasteiger partial charge in [0, 0.05) is 31.3 Å². The van der Waals surface area contributed by atoms with Crippen molar-refractivity contribution < 1.29 is 36.6 Å². The van der Waals surface area contributed by atoms with Gasteiger partial charge in [-0.15, -0.1) is 0 Å². The number of amides is 1. The highest BCUT2D eigenvalue weighted by Gasteiger charge is 2.40. The molecule has 0 aliphatic carbocycles. The Morgan fingerprint density at radius 2 is 1.94 bits per heavy atom. The van der Waals surface area contributed by atoms with Crippen LogP contribution in [0.5, 0.6) is 0 Å². The molecule has 0 spiro atoms. The summed E-state index contributed by atoms with van der Waals surface area (Å²) in [6.45, 7) is 1.09. The third-order valence-corrected chi connectivity index (χ3v) is 6.33. The quantitative estimate of drug-likeness (QED) is 0.664. The van der Waals surface area contributed by atoms with E-state index in [4.69, 9.17) is 4.74 Å². The Morgan fingerprint density at radius 3 is 2.58 bits per heavy atom.